The molecule has 1 fully saturated rings. The number of benzene rings is 1. The van der Waals surface area contributed by atoms with Crippen LogP contribution in [0.5, 0.6) is 0 Å². The quantitative estimate of drug-likeness (QED) is 0.729. The minimum absolute atomic E-state index is 0.273. The molecule has 1 N–H and O–H groups in total. The van der Waals surface area contributed by atoms with Crippen molar-refractivity contribution in [2.45, 2.75) is 31.6 Å². The van der Waals surface area contributed by atoms with Crippen LogP contribution in [0.4, 0.5) is 0 Å². The molecule has 1 heterocycles. The fourth-order valence-electron chi connectivity index (χ4n) is 3.72. The number of carbonyl (C=O) groups is 1. The molecule has 86 valence electrons. The monoisotopic (exact) mass is 225 g/mol. The predicted molar refractivity (Wildman–Crippen MR) is 67.3 cm³/mol. The van der Waals surface area contributed by atoms with E-state index in [2.05, 4.69) is 23.2 Å². The summed E-state index contributed by atoms with van der Waals surface area (Å²) in [5.41, 5.74) is 3.34. The number of nitrogens with one attached hydrogen (secondary N) is 1. The van der Waals surface area contributed by atoms with Crippen molar-refractivity contribution in [3.05, 3.63) is 35.5 Å². The SMILES string of the molecule is O=C1c2[nH]c3ccccc3c2[C@H]2CCCC[C@@H]12. The van der Waals surface area contributed by atoms with Crippen molar-refractivity contribution in [3.63, 3.8) is 0 Å². The van der Waals surface area contributed by atoms with Gasteiger partial charge in [0.15, 0.2) is 5.78 Å². The topological polar surface area (TPSA) is 32.9 Å². The molecule has 0 amide bonds. The number of hydrogen-bond donors (Lipinski definition) is 1. The molecule has 0 unspecified atom stereocenters. The number of aromatic amines is 1. The molecule has 1 aromatic heterocycles. The second-order valence-corrected chi connectivity index (χ2v) is 5.32. The van der Waals surface area contributed by atoms with Gasteiger partial charge in [-0.25, -0.2) is 0 Å². The summed E-state index contributed by atoms with van der Waals surface area (Å²) in [6.45, 7) is 0. The zero-order valence-electron chi connectivity index (χ0n) is 9.70. The summed E-state index contributed by atoms with van der Waals surface area (Å²) in [7, 11) is 0. The van der Waals surface area contributed by atoms with E-state index in [0.29, 0.717) is 11.7 Å². The maximum atomic E-state index is 12.4. The molecular weight excluding hydrogens is 210 g/mol. The van der Waals surface area contributed by atoms with Crippen molar-refractivity contribution in [1.29, 1.82) is 0 Å². The smallest absolute Gasteiger partial charge is 0.183 e. The lowest BCUT2D eigenvalue weighted by molar-refractivity contribution is 0.0894. The minimum Gasteiger partial charge on any atom is -0.352 e. The van der Waals surface area contributed by atoms with E-state index >= 15 is 0 Å². The Morgan fingerprint density at radius 2 is 1.82 bits per heavy atom. The number of rotatable bonds is 0. The molecule has 1 aromatic carbocycles. The van der Waals surface area contributed by atoms with E-state index in [-0.39, 0.29) is 5.92 Å². The van der Waals surface area contributed by atoms with Crippen LogP contribution in [-0.2, 0) is 0 Å². The highest BCUT2D eigenvalue weighted by Gasteiger charge is 2.42. The standard InChI is InChI=1S/C15H15NO/c17-15-10-6-2-1-5-9(10)13-11-7-3-4-8-12(11)16-14(13)15/h3-4,7-10,16H,1-2,5-6H2/t9-,10+/m0/s1. The second kappa shape index (κ2) is 3.22. The number of carbonyl (C=O) groups excluding carboxylic acids is 1. The summed E-state index contributed by atoms with van der Waals surface area (Å²) in [6, 6.07) is 8.31. The van der Waals surface area contributed by atoms with Gasteiger partial charge in [-0.05, 0) is 30.4 Å². The van der Waals surface area contributed by atoms with Crippen LogP contribution in [0.3, 0.4) is 0 Å². The van der Waals surface area contributed by atoms with Gasteiger partial charge in [0.25, 0.3) is 0 Å². The van der Waals surface area contributed by atoms with Gasteiger partial charge >= 0.3 is 0 Å². The first-order chi connectivity index (χ1) is 8.36. The maximum Gasteiger partial charge on any atom is 0.183 e. The van der Waals surface area contributed by atoms with Crippen molar-refractivity contribution in [2.75, 3.05) is 0 Å². The molecule has 2 heteroatoms. The fraction of sp³-hybridized carbons (Fsp3) is 0.400. The number of fused-ring (bicyclic) bond motifs is 5. The van der Waals surface area contributed by atoms with Gasteiger partial charge < -0.3 is 4.98 Å². The molecule has 0 radical (unpaired) electrons. The molecule has 0 bridgehead atoms. The lowest BCUT2D eigenvalue weighted by atomic mass is 9.79. The third kappa shape index (κ3) is 1.13. The van der Waals surface area contributed by atoms with E-state index in [1.54, 1.807) is 0 Å². The van der Waals surface area contributed by atoms with Crippen LogP contribution in [0.25, 0.3) is 10.9 Å². The predicted octanol–water partition coefficient (Wildman–Crippen LogP) is 3.64. The molecule has 2 atom stereocenters. The average molecular weight is 225 g/mol. The van der Waals surface area contributed by atoms with Gasteiger partial charge in [-0.1, -0.05) is 31.0 Å². The Morgan fingerprint density at radius 3 is 2.71 bits per heavy atom. The summed E-state index contributed by atoms with van der Waals surface area (Å²) in [5.74, 6) is 1.12. The molecule has 0 spiro atoms. The summed E-state index contributed by atoms with van der Waals surface area (Å²) in [5, 5.41) is 1.27. The Hall–Kier alpha value is -1.57. The van der Waals surface area contributed by atoms with Gasteiger partial charge in [0, 0.05) is 16.8 Å². The average Bonchev–Trinajstić information content (AvgIpc) is 2.88. The largest absolute Gasteiger partial charge is 0.352 e. The summed E-state index contributed by atoms with van der Waals surface area (Å²) < 4.78 is 0. The molecule has 2 nitrogen and oxygen atoms in total. The number of hydrogen-bond acceptors (Lipinski definition) is 1. The van der Waals surface area contributed by atoms with Crippen molar-refractivity contribution >= 4 is 16.7 Å². The maximum absolute atomic E-state index is 12.4. The third-order valence-corrected chi connectivity index (χ3v) is 4.47. The second-order valence-electron chi connectivity index (χ2n) is 5.32. The van der Waals surface area contributed by atoms with Crippen molar-refractivity contribution < 1.29 is 4.79 Å². The highest BCUT2D eigenvalue weighted by molar-refractivity contribution is 6.07. The molecule has 2 aromatic rings. The van der Waals surface area contributed by atoms with Gasteiger partial charge in [-0.3, -0.25) is 4.79 Å². The number of aromatic nitrogens is 1. The normalized spacial score (nSPS) is 27.2. The molecule has 2 aliphatic rings. The van der Waals surface area contributed by atoms with E-state index in [9.17, 15) is 4.79 Å². The van der Waals surface area contributed by atoms with Gasteiger partial charge in [-0.15, -0.1) is 0 Å². The first kappa shape index (κ1) is 9.46. The number of para-hydroxylation sites is 1. The Labute approximate surface area is 100 Å². The van der Waals surface area contributed by atoms with Crippen LogP contribution in [0, 0.1) is 5.92 Å². The first-order valence-corrected chi connectivity index (χ1v) is 6.51. The van der Waals surface area contributed by atoms with Crippen LogP contribution < -0.4 is 0 Å². The Balaban J connectivity index is 1.99. The molecule has 2 aliphatic carbocycles. The number of Topliss-reactive ketones (excluding diaryl/α,β-unsaturated/α-hetero) is 1. The lowest BCUT2D eigenvalue weighted by Crippen LogP contribution is -2.18. The van der Waals surface area contributed by atoms with Crippen LogP contribution in [-0.4, -0.2) is 10.8 Å². The Kier molecular flexibility index (Phi) is 1.79. The van der Waals surface area contributed by atoms with Crippen LogP contribution in [0.15, 0.2) is 24.3 Å². The van der Waals surface area contributed by atoms with E-state index < -0.39 is 0 Å². The highest BCUT2D eigenvalue weighted by Crippen LogP contribution is 2.48. The van der Waals surface area contributed by atoms with E-state index in [1.165, 1.54) is 30.2 Å². The van der Waals surface area contributed by atoms with Crippen molar-refractivity contribution in [2.24, 2.45) is 5.92 Å². The summed E-state index contributed by atoms with van der Waals surface area (Å²) >= 11 is 0. The van der Waals surface area contributed by atoms with Crippen molar-refractivity contribution in [1.82, 2.24) is 4.98 Å². The Morgan fingerprint density at radius 1 is 1.06 bits per heavy atom. The van der Waals surface area contributed by atoms with Crippen LogP contribution >= 0.6 is 0 Å². The van der Waals surface area contributed by atoms with Crippen LogP contribution in [0.2, 0.25) is 0 Å². The zero-order valence-corrected chi connectivity index (χ0v) is 9.70. The van der Waals surface area contributed by atoms with E-state index in [1.807, 2.05) is 6.07 Å². The number of ketones is 1. The lowest BCUT2D eigenvalue weighted by Gasteiger charge is -2.24. The van der Waals surface area contributed by atoms with Gasteiger partial charge in [0.05, 0.1) is 5.69 Å². The zero-order chi connectivity index (χ0) is 11.4. The third-order valence-electron chi connectivity index (χ3n) is 4.47. The molecule has 1 saturated carbocycles. The molecule has 0 aliphatic heterocycles. The minimum atomic E-state index is 0.273. The van der Waals surface area contributed by atoms with Gasteiger partial charge in [-0.2, -0.15) is 0 Å². The highest BCUT2D eigenvalue weighted by atomic mass is 16.1. The first-order valence-electron chi connectivity index (χ1n) is 6.51. The summed E-state index contributed by atoms with van der Waals surface area (Å²) in [6.07, 6.45) is 4.76. The molecule has 4 rings (SSSR count). The van der Waals surface area contributed by atoms with Crippen molar-refractivity contribution in [3.8, 4) is 0 Å². The van der Waals surface area contributed by atoms with E-state index in [0.717, 1.165) is 17.6 Å². The van der Waals surface area contributed by atoms with Gasteiger partial charge in [0.1, 0.15) is 0 Å². The van der Waals surface area contributed by atoms with Gasteiger partial charge in [0.2, 0.25) is 0 Å². The molecule has 17 heavy (non-hydrogen) atoms. The molecular formula is C15H15NO. The molecule has 0 saturated heterocycles. The van der Waals surface area contributed by atoms with Crippen LogP contribution in [0.1, 0.15) is 47.7 Å². The number of H-pyrrole nitrogens is 1. The van der Waals surface area contributed by atoms with E-state index in [4.69, 9.17) is 0 Å². The summed E-state index contributed by atoms with van der Waals surface area (Å²) in [4.78, 5) is 15.7. The fourth-order valence-corrected chi connectivity index (χ4v) is 3.72. The Bertz CT molecular complexity index is 610.